The third-order valence-corrected chi connectivity index (χ3v) is 3.11. The summed E-state index contributed by atoms with van der Waals surface area (Å²) in [5, 5.41) is 13.2. The SMILES string of the molecule is N[C@]1(OC(=O)C(F)(F)F)CC[C@H](c2nnn[nH]2)CC1. The van der Waals surface area contributed by atoms with Crippen molar-refractivity contribution in [2.45, 2.75) is 43.5 Å². The molecule has 0 radical (unpaired) electrons. The van der Waals surface area contributed by atoms with E-state index in [9.17, 15) is 18.0 Å². The summed E-state index contributed by atoms with van der Waals surface area (Å²) < 4.78 is 40.7. The molecule has 0 amide bonds. The van der Waals surface area contributed by atoms with Crippen molar-refractivity contribution >= 4 is 5.97 Å². The Morgan fingerprint density at radius 2 is 2.05 bits per heavy atom. The normalized spacial score (nSPS) is 28.1. The van der Waals surface area contributed by atoms with E-state index in [0.29, 0.717) is 18.7 Å². The van der Waals surface area contributed by atoms with Gasteiger partial charge in [-0.05, 0) is 23.3 Å². The van der Waals surface area contributed by atoms with E-state index in [4.69, 9.17) is 5.73 Å². The predicted molar refractivity (Wildman–Crippen MR) is 54.5 cm³/mol. The number of hydrogen-bond acceptors (Lipinski definition) is 6. The zero-order chi connectivity index (χ0) is 14.1. The summed E-state index contributed by atoms with van der Waals surface area (Å²) in [7, 11) is 0. The van der Waals surface area contributed by atoms with Gasteiger partial charge in [-0.3, -0.25) is 5.73 Å². The Bertz CT molecular complexity index is 439. The summed E-state index contributed by atoms with van der Waals surface area (Å²) in [4.78, 5) is 10.8. The minimum Gasteiger partial charge on any atom is -0.437 e. The number of carbonyl (C=O) groups excluding carboxylic acids is 1. The molecular formula is C9H12F3N5O2. The number of halogens is 3. The number of rotatable bonds is 2. The van der Waals surface area contributed by atoms with Gasteiger partial charge >= 0.3 is 12.1 Å². The van der Waals surface area contributed by atoms with Gasteiger partial charge in [0.2, 0.25) is 0 Å². The van der Waals surface area contributed by atoms with E-state index in [-0.39, 0.29) is 18.8 Å². The fourth-order valence-corrected chi connectivity index (χ4v) is 2.06. The van der Waals surface area contributed by atoms with Crippen LogP contribution in [0.5, 0.6) is 0 Å². The third kappa shape index (κ3) is 3.19. The van der Waals surface area contributed by atoms with Crippen LogP contribution in [0.3, 0.4) is 0 Å². The number of hydrogen-bond donors (Lipinski definition) is 2. The van der Waals surface area contributed by atoms with Gasteiger partial charge in [0.15, 0.2) is 11.5 Å². The molecule has 1 aliphatic carbocycles. The van der Waals surface area contributed by atoms with E-state index in [0.717, 1.165) is 0 Å². The van der Waals surface area contributed by atoms with Crippen LogP contribution in [0, 0.1) is 0 Å². The molecule has 0 unspecified atom stereocenters. The molecule has 1 heterocycles. The number of aromatic amines is 1. The standard InChI is InChI=1S/C9H12F3N5O2/c10-9(11,12)7(18)19-8(13)3-1-5(2-4-8)6-14-16-17-15-6/h5H,1-4,13H2,(H,14,15,16,17)/t5-,8-. The van der Waals surface area contributed by atoms with Crippen LogP contribution in [0.1, 0.15) is 37.4 Å². The second-order valence-electron chi connectivity index (χ2n) is 4.51. The molecule has 0 aliphatic heterocycles. The third-order valence-electron chi connectivity index (χ3n) is 3.11. The largest absolute Gasteiger partial charge is 0.490 e. The molecule has 7 nitrogen and oxygen atoms in total. The van der Waals surface area contributed by atoms with Crippen molar-refractivity contribution in [1.82, 2.24) is 20.6 Å². The number of nitrogens with two attached hydrogens (primary N) is 1. The van der Waals surface area contributed by atoms with Crippen LogP contribution >= 0.6 is 0 Å². The molecule has 1 fully saturated rings. The molecule has 0 bridgehead atoms. The number of alkyl halides is 3. The van der Waals surface area contributed by atoms with Crippen molar-refractivity contribution in [3.63, 3.8) is 0 Å². The van der Waals surface area contributed by atoms with Crippen molar-refractivity contribution in [3.8, 4) is 0 Å². The monoisotopic (exact) mass is 279 g/mol. The molecule has 1 saturated carbocycles. The first-order valence-electron chi connectivity index (χ1n) is 5.63. The Morgan fingerprint density at radius 1 is 1.42 bits per heavy atom. The van der Waals surface area contributed by atoms with Gasteiger partial charge in [-0.25, -0.2) is 9.89 Å². The minimum atomic E-state index is -5.03. The first-order chi connectivity index (χ1) is 8.80. The molecule has 1 aliphatic rings. The summed E-state index contributed by atoms with van der Waals surface area (Å²) >= 11 is 0. The Kier molecular flexibility index (Phi) is 3.43. The van der Waals surface area contributed by atoms with Gasteiger partial charge in [0.25, 0.3) is 0 Å². The van der Waals surface area contributed by atoms with Gasteiger partial charge in [0.1, 0.15) is 0 Å². The molecule has 2 rings (SSSR count). The van der Waals surface area contributed by atoms with E-state index in [1.54, 1.807) is 0 Å². The highest BCUT2D eigenvalue weighted by molar-refractivity contribution is 5.76. The zero-order valence-electron chi connectivity index (χ0n) is 9.78. The van der Waals surface area contributed by atoms with Crippen molar-refractivity contribution < 1.29 is 22.7 Å². The number of carbonyl (C=O) groups is 1. The Balaban J connectivity index is 1.93. The Labute approximate surface area is 105 Å². The number of ether oxygens (including phenoxy) is 1. The summed E-state index contributed by atoms with van der Waals surface area (Å²) in [5.74, 6) is -1.71. The van der Waals surface area contributed by atoms with Crippen LogP contribution in [0.15, 0.2) is 0 Å². The minimum absolute atomic E-state index is 0.0173. The molecule has 19 heavy (non-hydrogen) atoms. The predicted octanol–water partition coefficient (Wildman–Crippen LogP) is 0.618. The highest BCUT2D eigenvalue weighted by atomic mass is 19.4. The lowest BCUT2D eigenvalue weighted by molar-refractivity contribution is -0.216. The maximum absolute atomic E-state index is 12.1. The number of H-pyrrole nitrogens is 1. The number of tetrazole rings is 1. The molecule has 1 aromatic rings. The molecule has 0 atom stereocenters. The fourth-order valence-electron chi connectivity index (χ4n) is 2.06. The highest BCUT2D eigenvalue weighted by Gasteiger charge is 2.46. The van der Waals surface area contributed by atoms with Crippen LogP contribution < -0.4 is 5.73 Å². The average molecular weight is 279 g/mol. The van der Waals surface area contributed by atoms with Crippen molar-refractivity contribution in [2.75, 3.05) is 0 Å². The van der Waals surface area contributed by atoms with E-state index in [1.165, 1.54) is 0 Å². The first-order valence-corrected chi connectivity index (χ1v) is 5.63. The van der Waals surface area contributed by atoms with Gasteiger partial charge in [-0.2, -0.15) is 13.2 Å². The van der Waals surface area contributed by atoms with Gasteiger partial charge in [-0.15, -0.1) is 5.10 Å². The highest BCUT2D eigenvalue weighted by Crippen LogP contribution is 2.36. The van der Waals surface area contributed by atoms with Gasteiger partial charge in [0.05, 0.1) is 0 Å². The van der Waals surface area contributed by atoms with Crippen LogP contribution in [0.25, 0.3) is 0 Å². The van der Waals surface area contributed by atoms with E-state index in [1.807, 2.05) is 0 Å². The Morgan fingerprint density at radius 3 is 2.53 bits per heavy atom. The molecular weight excluding hydrogens is 267 g/mol. The molecule has 0 spiro atoms. The zero-order valence-corrected chi connectivity index (χ0v) is 9.78. The maximum Gasteiger partial charge on any atom is 0.490 e. The van der Waals surface area contributed by atoms with E-state index < -0.39 is 17.9 Å². The number of esters is 1. The maximum atomic E-state index is 12.1. The quantitative estimate of drug-likeness (QED) is 0.607. The summed E-state index contributed by atoms with van der Waals surface area (Å²) in [6, 6.07) is 0. The fraction of sp³-hybridized carbons (Fsp3) is 0.778. The lowest BCUT2D eigenvalue weighted by Gasteiger charge is -2.35. The van der Waals surface area contributed by atoms with Crippen molar-refractivity contribution in [2.24, 2.45) is 5.73 Å². The smallest absolute Gasteiger partial charge is 0.437 e. The molecule has 3 N–H and O–H groups in total. The second kappa shape index (κ2) is 4.76. The number of aromatic nitrogens is 4. The summed E-state index contributed by atoms with van der Waals surface area (Å²) in [5.41, 5.74) is 4.09. The summed E-state index contributed by atoms with van der Waals surface area (Å²) in [6.45, 7) is 0. The van der Waals surface area contributed by atoms with Crippen molar-refractivity contribution in [1.29, 1.82) is 0 Å². The van der Waals surface area contributed by atoms with Gasteiger partial charge < -0.3 is 4.74 Å². The molecule has 10 heteroatoms. The van der Waals surface area contributed by atoms with Crippen molar-refractivity contribution in [3.05, 3.63) is 5.82 Å². The van der Waals surface area contributed by atoms with Gasteiger partial charge in [0, 0.05) is 18.8 Å². The molecule has 0 aromatic carbocycles. The number of nitrogens with zero attached hydrogens (tertiary/aromatic N) is 3. The van der Waals surface area contributed by atoms with E-state index in [2.05, 4.69) is 25.4 Å². The van der Waals surface area contributed by atoms with Gasteiger partial charge in [-0.1, -0.05) is 0 Å². The molecule has 0 saturated heterocycles. The van der Waals surface area contributed by atoms with Crippen LogP contribution in [-0.2, 0) is 9.53 Å². The first kappa shape index (κ1) is 13.7. The average Bonchev–Trinajstić information content (AvgIpc) is 2.82. The van der Waals surface area contributed by atoms with Crippen LogP contribution in [-0.4, -0.2) is 38.5 Å². The topological polar surface area (TPSA) is 107 Å². The lowest BCUT2D eigenvalue weighted by Crippen LogP contribution is -2.49. The molecule has 1 aromatic heterocycles. The Hall–Kier alpha value is -1.71. The second-order valence-corrected chi connectivity index (χ2v) is 4.51. The van der Waals surface area contributed by atoms with Crippen LogP contribution in [0.4, 0.5) is 13.2 Å². The number of nitrogens with one attached hydrogen (secondary N) is 1. The van der Waals surface area contributed by atoms with E-state index >= 15 is 0 Å². The summed E-state index contributed by atoms with van der Waals surface area (Å²) in [6.07, 6.45) is -3.89. The molecule has 106 valence electrons. The van der Waals surface area contributed by atoms with Crippen LogP contribution in [0.2, 0.25) is 0 Å². The lowest BCUT2D eigenvalue weighted by atomic mass is 9.83.